The van der Waals surface area contributed by atoms with Crippen molar-refractivity contribution in [1.82, 2.24) is 0 Å². The monoisotopic (exact) mass is 394 g/mol. The second kappa shape index (κ2) is 8.00. The van der Waals surface area contributed by atoms with Crippen molar-refractivity contribution >= 4 is 24.7 Å². The van der Waals surface area contributed by atoms with Gasteiger partial charge >= 0.3 is 0 Å². The third-order valence-corrected chi connectivity index (χ3v) is 9.09. The van der Waals surface area contributed by atoms with E-state index in [-0.39, 0.29) is 5.41 Å². The van der Waals surface area contributed by atoms with E-state index in [2.05, 4.69) is 119 Å². The van der Waals surface area contributed by atoms with E-state index in [1.165, 1.54) is 27.1 Å². The molecule has 1 aliphatic rings. The van der Waals surface area contributed by atoms with Crippen molar-refractivity contribution in [2.45, 2.75) is 34.1 Å². The minimum Gasteiger partial charge on any atom is -0.0800 e. The molecule has 0 atom stereocenters. The van der Waals surface area contributed by atoms with Gasteiger partial charge in [-0.3, -0.25) is 0 Å². The number of hydrogen-bond donors (Lipinski definition) is 0. The highest BCUT2D eigenvalue weighted by atomic mass is 28.3. The zero-order chi connectivity index (χ0) is 20.4. The molecule has 0 saturated heterocycles. The topological polar surface area (TPSA) is 0 Å². The molecule has 4 rings (SSSR count). The van der Waals surface area contributed by atoms with Crippen LogP contribution in [0.5, 0.6) is 0 Å². The summed E-state index contributed by atoms with van der Waals surface area (Å²) >= 11 is 0. The highest BCUT2D eigenvalue weighted by molar-refractivity contribution is 6.91. The molecule has 0 radical (unpaired) electrons. The minimum atomic E-state index is -1.53. The minimum absolute atomic E-state index is 0.108. The summed E-state index contributed by atoms with van der Waals surface area (Å²) < 4.78 is 0. The van der Waals surface area contributed by atoms with Crippen molar-refractivity contribution in [3.8, 4) is 0 Å². The zero-order valence-electron chi connectivity index (χ0n) is 17.9. The lowest BCUT2D eigenvalue weighted by molar-refractivity contribution is 0.517. The fourth-order valence-corrected chi connectivity index (χ4v) is 8.16. The summed E-state index contributed by atoms with van der Waals surface area (Å²) in [5.41, 5.74) is 5.87. The molecule has 0 bridgehead atoms. The van der Waals surface area contributed by atoms with E-state index in [9.17, 15) is 0 Å². The van der Waals surface area contributed by atoms with E-state index in [4.69, 9.17) is 0 Å². The fourth-order valence-electron chi connectivity index (χ4n) is 4.60. The summed E-state index contributed by atoms with van der Waals surface area (Å²) in [6, 6.07) is 31.4. The Kier molecular flexibility index (Phi) is 5.43. The van der Waals surface area contributed by atoms with E-state index in [1.54, 1.807) is 10.8 Å². The predicted molar refractivity (Wildman–Crippen MR) is 130 cm³/mol. The van der Waals surface area contributed by atoms with Crippen molar-refractivity contribution in [2.24, 2.45) is 5.41 Å². The SMILES string of the molecule is Cc1ccc(C2=C(C(C)(C)C)C([SiH](c3ccccc3)c3ccccc3)=CC2)cc1. The largest absolute Gasteiger partial charge is 0.132 e. The molecule has 146 valence electrons. The van der Waals surface area contributed by atoms with Crippen LogP contribution in [0.25, 0.3) is 5.57 Å². The van der Waals surface area contributed by atoms with Gasteiger partial charge in [0.15, 0.2) is 0 Å². The third-order valence-electron chi connectivity index (χ3n) is 5.84. The van der Waals surface area contributed by atoms with Crippen LogP contribution >= 0.6 is 0 Å². The average Bonchev–Trinajstić information content (AvgIpc) is 3.16. The summed E-state index contributed by atoms with van der Waals surface area (Å²) in [7, 11) is -1.53. The third kappa shape index (κ3) is 4.06. The van der Waals surface area contributed by atoms with Gasteiger partial charge in [0.25, 0.3) is 0 Å². The molecular weight excluding hydrogens is 364 g/mol. The van der Waals surface area contributed by atoms with Crippen LogP contribution in [-0.2, 0) is 0 Å². The smallest absolute Gasteiger partial charge is 0.0800 e. The van der Waals surface area contributed by atoms with E-state index in [1.807, 2.05) is 0 Å². The molecule has 0 fully saturated rings. The van der Waals surface area contributed by atoms with Crippen LogP contribution in [0.2, 0.25) is 0 Å². The molecule has 0 saturated carbocycles. The van der Waals surface area contributed by atoms with Gasteiger partial charge in [0.1, 0.15) is 8.80 Å². The van der Waals surface area contributed by atoms with Gasteiger partial charge in [-0.1, -0.05) is 133 Å². The number of rotatable bonds is 4. The fraction of sp³-hybridized carbons (Fsp3) is 0.214. The first-order valence-electron chi connectivity index (χ1n) is 10.6. The summed E-state index contributed by atoms with van der Waals surface area (Å²) in [6.07, 6.45) is 3.57. The number of aryl methyl sites for hydroxylation is 1. The Morgan fingerprint density at radius 3 is 1.69 bits per heavy atom. The molecule has 0 heterocycles. The van der Waals surface area contributed by atoms with Gasteiger partial charge < -0.3 is 0 Å². The molecule has 0 N–H and O–H groups in total. The molecule has 29 heavy (non-hydrogen) atoms. The van der Waals surface area contributed by atoms with Gasteiger partial charge in [-0.2, -0.15) is 0 Å². The zero-order valence-corrected chi connectivity index (χ0v) is 19.1. The van der Waals surface area contributed by atoms with Gasteiger partial charge in [0.05, 0.1) is 0 Å². The molecular formula is C28H30Si. The lowest BCUT2D eigenvalue weighted by atomic mass is 9.83. The Morgan fingerprint density at radius 2 is 1.21 bits per heavy atom. The average molecular weight is 395 g/mol. The van der Waals surface area contributed by atoms with Gasteiger partial charge in [0.2, 0.25) is 0 Å². The van der Waals surface area contributed by atoms with Crippen LogP contribution in [0.4, 0.5) is 0 Å². The second-order valence-electron chi connectivity index (χ2n) is 9.09. The van der Waals surface area contributed by atoms with Crippen LogP contribution in [0.15, 0.2) is 102 Å². The molecule has 0 unspecified atom stereocenters. The van der Waals surface area contributed by atoms with E-state index < -0.39 is 8.80 Å². The second-order valence-corrected chi connectivity index (χ2v) is 11.9. The molecule has 0 nitrogen and oxygen atoms in total. The number of allylic oxidation sites excluding steroid dienone is 4. The normalized spacial score (nSPS) is 14.4. The molecule has 3 aromatic rings. The summed E-state index contributed by atoms with van der Waals surface area (Å²) in [5, 5.41) is 4.60. The first kappa shape index (κ1) is 19.7. The highest BCUT2D eigenvalue weighted by Crippen LogP contribution is 2.44. The first-order chi connectivity index (χ1) is 13.9. The van der Waals surface area contributed by atoms with Crippen LogP contribution in [0, 0.1) is 12.3 Å². The van der Waals surface area contributed by atoms with Gasteiger partial charge in [-0.25, -0.2) is 0 Å². The van der Waals surface area contributed by atoms with Crippen LogP contribution in [0.1, 0.15) is 38.3 Å². The van der Waals surface area contributed by atoms with E-state index in [0.29, 0.717) is 0 Å². The van der Waals surface area contributed by atoms with Crippen molar-refractivity contribution < 1.29 is 0 Å². The number of hydrogen-bond acceptors (Lipinski definition) is 0. The molecule has 3 aromatic carbocycles. The van der Waals surface area contributed by atoms with Gasteiger partial charge in [-0.05, 0) is 35.5 Å². The Bertz CT molecular complexity index is 993. The van der Waals surface area contributed by atoms with Gasteiger partial charge in [-0.15, -0.1) is 0 Å². The quantitative estimate of drug-likeness (QED) is 0.498. The van der Waals surface area contributed by atoms with Crippen molar-refractivity contribution in [2.75, 3.05) is 0 Å². The molecule has 0 amide bonds. The van der Waals surface area contributed by atoms with Crippen molar-refractivity contribution in [3.05, 3.63) is 113 Å². The Balaban J connectivity index is 1.89. The Hall–Kier alpha value is -2.64. The maximum absolute atomic E-state index is 2.53. The van der Waals surface area contributed by atoms with E-state index >= 15 is 0 Å². The molecule has 1 aliphatic carbocycles. The maximum atomic E-state index is 2.53. The Labute approximate surface area is 177 Å². The molecule has 0 spiro atoms. The van der Waals surface area contributed by atoms with E-state index in [0.717, 1.165) is 6.42 Å². The summed E-state index contributed by atoms with van der Waals surface area (Å²) in [4.78, 5) is 0. The summed E-state index contributed by atoms with van der Waals surface area (Å²) in [5.74, 6) is 0. The van der Waals surface area contributed by atoms with Crippen molar-refractivity contribution in [1.29, 1.82) is 0 Å². The van der Waals surface area contributed by atoms with Crippen molar-refractivity contribution in [3.63, 3.8) is 0 Å². The standard InChI is InChI=1S/C28H30Si/c1-21-15-17-22(18-16-21)25-19-20-26(27(25)28(2,3)4)29(23-11-7-5-8-12-23)24-13-9-6-10-14-24/h5-18,20,29H,19H2,1-4H3. The highest BCUT2D eigenvalue weighted by Gasteiger charge is 2.34. The summed E-state index contributed by atoms with van der Waals surface area (Å²) in [6.45, 7) is 9.28. The Morgan fingerprint density at radius 1 is 0.690 bits per heavy atom. The molecule has 1 heteroatoms. The number of benzene rings is 3. The molecule has 0 aliphatic heterocycles. The lowest BCUT2D eigenvalue weighted by Crippen LogP contribution is -2.45. The maximum Gasteiger partial charge on any atom is 0.132 e. The van der Waals surface area contributed by atoms with Crippen LogP contribution in [-0.4, -0.2) is 8.80 Å². The first-order valence-corrected chi connectivity index (χ1v) is 12.3. The lowest BCUT2D eigenvalue weighted by Gasteiger charge is -2.30. The van der Waals surface area contributed by atoms with Crippen LogP contribution in [0.3, 0.4) is 0 Å². The molecule has 0 aromatic heterocycles. The van der Waals surface area contributed by atoms with Gasteiger partial charge in [0, 0.05) is 0 Å². The van der Waals surface area contributed by atoms with Crippen LogP contribution < -0.4 is 10.4 Å². The predicted octanol–water partition coefficient (Wildman–Crippen LogP) is 5.71.